The Hall–Kier alpha value is -3.91. The van der Waals surface area contributed by atoms with Gasteiger partial charge in [0.2, 0.25) is 11.8 Å². The predicted molar refractivity (Wildman–Crippen MR) is 127 cm³/mol. The first-order chi connectivity index (χ1) is 17.6. The van der Waals surface area contributed by atoms with E-state index in [2.05, 4.69) is 21.5 Å². The van der Waals surface area contributed by atoms with Crippen LogP contribution in [-0.4, -0.2) is 48.2 Å². The fourth-order valence-electron chi connectivity index (χ4n) is 3.99. The number of halogens is 3. The molecule has 0 aromatic heterocycles. The van der Waals surface area contributed by atoms with Gasteiger partial charge in [0.1, 0.15) is 6.04 Å². The molecule has 1 aliphatic rings. The van der Waals surface area contributed by atoms with Gasteiger partial charge in [-0.15, -0.1) is 5.06 Å². The number of hydrogen-bond acceptors (Lipinski definition) is 6. The third-order valence-corrected chi connectivity index (χ3v) is 5.94. The molecule has 2 atom stereocenters. The predicted octanol–water partition coefficient (Wildman–Crippen LogP) is 3.59. The number of nitrogens with zero attached hydrogens (tertiary/aromatic N) is 2. The summed E-state index contributed by atoms with van der Waals surface area (Å²) in [6.45, 7) is 1.81. The molecule has 2 aromatic rings. The van der Waals surface area contributed by atoms with Crippen molar-refractivity contribution in [2.45, 2.75) is 50.9 Å². The van der Waals surface area contributed by atoms with Crippen LogP contribution in [0.2, 0.25) is 0 Å². The molecule has 0 aliphatic carbocycles. The van der Waals surface area contributed by atoms with Crippen molar-refractivity contribution in [3.63, 3.8) is 0 Å². The molecule has 1 heterocycles. The molecule has 0 unspecified atom stereocenters. The molecule has 0 bridgehead atoms. The van der Waals surface area contributed by atoms with Crippen LogP contribution < -0.4 is 10.6 Å². The normalized spacial score (nSPS) is 16.8. The van der Waals surface area contributed by atoms with E-state index in [-0.39, 0.29) is 25.4 Å². The molecule has 1 aliphatic heterocycles. The second-order valence-corrected chi connectivity index (χ2v) is 8.69. The van der Waals surface area contributed by atoms with Crippen LogP contribution in [0.15, 0.2) is 48.5 Å². The number of rotatable bonds is 8. The number of amides is 2. The highest BCUT2D eigenvalue weighted by Gasteiger charge is 2.44. The Morgan fingerprint density at radius 3 is 2.49 bits per heavy atom. The standard InChI is InChI=1S/C26H27F3N4O4/c1-17(34)31-15-18-5-4-6-21(13-18)19-8-10-20(11-9-19)22(14-30)16-32-24(35)23-7-2-3-12-33(23)37-25(36)26(27,28)29/h4-6,8-11,13,22-23H,2-3,7,12,15-16H2,1H3,(H,31,34)(H,32,35)/t22-,23-/m0/s1. The van der Waals surface area contributed by atoms with Crippen molar-refractivity contribution in [1.82, 2.24) is 15.7 Å². The Labute approximate surface area is 212 Å². The number of benzene rings is 2. The molecule has 2 N–H and O–H groups in total. The fraction of sp³-hybridized carbons (Fsp3) is 0.385. The SMILES string of the molecule is CC(=O)NCc1cccc(-c2ccc([C@@H](C#N)CNC(=O)[C@@H]3CCCCN3OC(=O)C(F)(F)F)cc2)c1. The van der Waals surface area contributed by atoms with Crippen molar-refractivity contribution in [3.05, 3.63) is 59.7 Å². The molecule has 2 amide bonds. The van der Waals surface area contributed by atoms with Crippen molar-refractivity contribution < 1.29 is 32.4 Å². The molecular weight excluding hydrogens is 489 g/mol. The minimum absolute atomic E-state index is 0.00899. The van der Waals surface area contributed by atoms with E-state index in [1.54, 1.807) is 12.1 Å². The average Bonchev–Trinajstić information content (AvgIpc) is 2.88. The van der Waals surface area contributed by atoms with Crippen LogP contribution in [0.4, 0.5) is 13.2 Å². The maximum atomic E-state index is 12.7. The van der Waals surface area contributed by atoms with Crippen LogP contribution in [0.25, 0.3) is 11.1 Å². The minimum Gasteiger partial charge on any atom is -0.360 e. The Kier molecular flexibility index (Phi) is 9.25. The lowest BCUT2D eigenvalue weighted by atomic mass is 9.96. The fourth-order valence-corrected chi connectivity index (χ4v) is 3.99. The van der Waals surface area contributed by atoms with E-state index in [1.165, 1.54) is 6.92 Å². The van der Waals surface area contributed by atoms with Crippen LogP contribution in [0.1, 0.15) is 43.2 Å². The maximum Gasteiger partial charge on any atom is 0.492 e. The van der Waals surface area contributed by atoms with Crippen molar-refractivity contribution in [1.29, 1.82) is 5.26 Å². The first-order valence-corrected chi connectivity index (χ1v) is 11.7. The second-order valence-electron chi connectivity index (χ2n) is 8.69. The molecule has 37 heavy (non-hydrogen) atoms. The van der Waals surface area contributed by atoms with E-state index in [9.17, 15) is 32.8 Å². The Bertz CT molecular complexity index is 1160. The van der Waals surface area contributed by atoms with Crippen LogP contribution >= 0.6 is 0 Å². The van der Waals surface area contributed by atoms with E-state index in [1.807, 2.05) is 36.4 Å². The quantitative estimate of drug-likeness (QED) is 0.555. The first kappa shape index (κ1) is 27.7. The zero-order valence-corrected chi connectivity index (χ0v) is 20.2. The van der Waals surface area contributed by atoms with Gasteiger partial charge in [0.25, 0.3) is 0 Å². The van der Waals surface area contributed by atoms with Gasteiger partial charge in [-0.25, -0.2) is 4.79 Å². The second kappa shape index (κ2) is 12.4. The van der Waals surface area contributed by atoms with Gasteiger partial charge < -0.3 is 15.5 Å². The molecule has 8 nitrogen and oxygen atoms in total. The van der Waals surface area contributed by atoms with Gasteiger partial charge in [-0.2, -0.15) is 18.4 Å². The monoisotopic (exact) mass is 516 g/mol. The highest BCUT2D eigenvalue weighted by Crippen LogP contribution is 2.25. The highest BCUT2D eigenvalue weighted by atomic mass is 19.4. The summed E-state index contributed by atoms with van der Waals surface area (Å²) >= 11 is 0. The minimum atomic E-state index is -5.16. The van der Waals surface area contributed by atoms with E-state index < -0.39 is 30.0 Å². The third-order valence-electron chi connectivity index (χ3n) is 5.94. The number of hydroxylamine groups is 2. The number of carbonyl (C=O) groups is 3. The molecule has 1 saturated heterocycles. The maximum absolute atomic E-state index is 12.7. The number of alkyl halides is 3. The van der Waals surface area contributed by atoms with Gasteiger partial charge in [-0.05, 0) is 47.6 Å². The van der Waals surface area contributed by atoms with Gasteiger partial charge in [-0.1, -0.05) is 42.5 Å². The highest BCUT2D eigenvalue weighted by molar-refractivity contribution is 5.82. The molecule has 0 radical (unpaired) electrons. The molecule has 196 valence electrons. The van der Waals surface area contributed by atoms with Crippen molar-refractivity contribution in [2.24, 2.45) is 0 Å². The Morgan fingerprint density at radius 1 is 1.11 bits per heavy atom. The summed E-state index contributed by atoms with van der Waals surface area (Å²) < 4.78 is 37.8. The molecular formula is C26H27F3N4O4. The molecule has 1 fully saturated rings. The topological polar surface area (TPSA) is 112 Å². The van der Waals surface area contributed by atoms with E-state index in [0.29, 0.717) is 24.9 Å². The van der Waals surface area contributed by atoms with Crippen LogP contribution in [0.3, 0.4) is 0 Å². The van der Waals surface area contributed by atoms with Crippen LogP contribution in [0, 0.1) is 11.3 Å². The van der Waals surface area contributed by atoms with Crippen LogP contribution in [0.5, 0.6) is 0 Å². The lowest BCUT2D eigenvalue weighted by Crippen LogP contribution is -2.51. The molecule has 0 saturated carbocycles. The summed E-state index contributed by atoms with van der Waals surface area (Å²) in [5.74, 6) is -3.80. The van der Waals surface area contributed by atoms with Gasteiger partial charge in [0.15, 0.2) is 0 Å². The lowest BCUT2D eigenvalue weighted by molar-refractivity contribution is -0.248. The average molecular weight is 517 g/mol. The lowest BCUT2D eigenvalue weighted by Gasteiger charge is -2.32. The van der Waals surface area contributed by atoms with Crippen molar-refractivity contribution >= 4 is 17.8 Å². The molecule has 3 rings (SSSR count). The van der Waals surface area contributed by atoms with Crippen LogP contribution in [-0.2, 0) is 25.8 Å². The van der Waals surface area contributed by atoms with Crippen molar-refractivity contribution in [3.8, 4) is 17.2 Å². The summed E-state index contributed by atoms with van der Waals surface area (Å²) in [5, 5.41) is 15.8. The van der Waals surface area contributed by atoms with Gasteiger partial charge in [0, 0.05) is 26.6 Å². The summed E-state index contributed by atoms with van der Waals surface area (Å²) in [5.41, 5.74) is 3.43. The number of nitriles is 1. The van der Waals surface area contributed by atoms with Gasteiger partial charge >= 0.3 is 12.1 Å². The number of piperidine rings is 1. The zero-order valence-electron chi connectivity index (χ0n) is 20.2. The number of nitrogens with one attached hydrogen (secondary N) is 2. The first-order valence-electron chi connectivity index (χ1n) is 11.7. The largest absolute Gasteiger partial charge is 0.492 e. The summed E-state index contributed by atoms with van der Waals surface area (Å²) in [7, 11) is 0. The zero-order chi connectivity index (χ0) is 27.0. The van der Waals surface area contributed by atoms with Crippen molar-refractivity contribution in [2.75, 3.05) is 13.1 Å². The molecule has 11 heteroatoms. The van der Waals surface area contributed by atoms with E-state index >= 15 is 0 Å². The molecule has 0 spiro atoms. The summed E-state index contributed by atoms with van der Waals surface area (Å²) in [4.78, 5) is 39.5. The van der Waals surface area contributed by atoms with Gasteiger partial charge in [0.05, 0.1) is 12.0 Å². The number of hydrogen-bond donors (Lipinski definition) is 2. The smallest absolute Gasteiger partial charge is 0.360 e. The van der Waals surface area contributed by atoms with Gasteiger partial charge in [-0.3, -0.25) is 9.59 Å². The number of carbonyl (C=O) groups excluding carboxylic acids is 3. The molecule has 2 aromatic carbocycles. The van der Waals surface area contributed by atoms with E-state index in [0.717, 1.165) is 21.8 Å². The summed E-state index contributed by atoms with van der Waals surface area (Å²) in [6.07, 6.45) is -3.86. The Morgan fingerprint density at radius 2 is 1.84 bits per heavy atom. The Balaban J connectivity index is 1.62. The summed E-state index contributed by atoms with van der Waals surface area (Å²) in [6, 6.07) is 16.0. The third kappa shape index (κ3) is 7.79. The van der Waals surface area contributed by atoms with E-state index in [4.69, 9.17) is 0 Å².